The second-order valence-corrected chi connectivity index (χ2v) is 5.54. The van der Waals surface area contributed by atoms with Crippen LogP contribution >= 0.6 is 0 Å². The number of amides is 1. The van der Waals surface area contributed by atoms with Gasteiger partial charge >= 0.3 is 0 Å². The summed E-state index contributed by atoms with van der Waals surface area (Å²) in [6.45, 7) is 2.80. The van der Waals surface area contributed by atoms with Gasteiger partial charge in [0.15, 0.2) is 0 Å². The number of hydrogen-bond acceptors (Lipinski definition) is 3. The third-order valence-corrected chi connectivity index (χ3v) is 4.27. The highest BCUT2D eigenvalue weighted by Gasteiger charge is 2.32. The minimum atomic E-state index is -0.168. The van der Waals surface area contributed by atoms with E-state index in [4.69, 9.17) is 5.26 Å². The lowest BCUT2D eigenvalue weighted by Gasteiger charge is -2.29. The van der Waals surface area contributed by atoms with E-state index in [2.05, 4.69) is 11.4 Å². The lowest BCUT2D eigenvalue weighted by molar-refractivity contribution is -0.126. The SMILES string of the molecule is CC(C(=O)NC1CCCCC1)N1CCCC1C#N. The van der Waals surface area contributed by atoms with Crippen molar-refractivity contribution in [2.45, 2.75) is 70.0 Å². The predicted octanol–water partition coefficient (Wildman–Crippen LogP) is 1.81. The van der Waals surface area contributed by atoms with Crippen molar-refractivity contribution in [3.63, 3.8) is 0 Å². The average Bonchev–Trinajstić information content (AvgIpc) is 2.87. The van der Waals surface area contributed by atoms with Gasteiger partial charge in [0.1, 0.15) is 0 Å². The van der Waals surface area contributed by atoms with E-state index < -0.39 is 0 Å². The highest BCUT2D eigenvalue weighted by Crippen LogP contribution is 2.21. The van der Waals surface area contributed by atoms with Crippen molar-refractivity contribution in [1.82, 2.24) is 10.2 Å². The van der Waals surface area contributed by atoms with Crippen molar-refractivity contribution in [3.05, 3.63) is 0 Å². The molecule has 2 unspecified atom stereocenters. The molecule has 1 N–H and O–H groups in total. The number of likely N-dealkylation sites (tertiary alicyclic amines) is 1. The number of carbonyl (C=O) groups is 1. The van der Waals surface area contributed by atoms with E-state index in [1.807, 2.05) is 11.8 Å². The lowest BCUT2D eigenvalue weighted by atomic mass is 9.95. The topological polar surface area (TPSA) is 56.1 Å². The maximum absolute atomic E-state index is 12.2. The van der Waals surface area contributed by atoms with Crippen LogP contribution in [0.25, 0.3) is 0 Å². The zero-order valence-electron chi connectivity index (χ0n) is 11.2. The van der Waals surface area contributed by atoms with Crippen LogP contribution in [0.4, 0.5) is 0 Å². The largest absolute Gasteiger partial charge is 0.352 e. The summed E-state index contributed by atoms with van der Waals surface area (Å²) in [5.41, 5.74) is 0. The fourth-order valence-electron chi connectivity index (χ4n) is 3.11. The standard InChI is InChI=1S/C14H23N3O/c1-11(17-9-5-8-13(17)10-15)14(18)16-12-6-3-2-4-7-12/h11-13H,2-9H2,1H3,(H,16,18). The Labute approximate surface area is 109 Å². The summed E-state index contributed by atoms with van der Waals surface area (Å²) in [6, 6.07) is 2.42. The molecular weight excluding hydrogens is 226 g/mol. The van der Waals surface area contributed by atoms with E-state index in [0.29, 0.717) is 6.04 Å². The molecule has 4 heteroatoms. The molecule has 18 heavy (non-hydrogen) atoms. The fourth-order valence-corrected chi connectivity index (χ4v) is 3.11. The first-order valence-corrected chi connectivity index (χ1v) is 7.18. The number of nitrogens with one attached hydrogen (secondary N) is 1. The van der Waals surface area contributed by atoms with Crippen LogP contribution in [0.15, 0.2) is 0 Å². The van der Waals surface area contributed by atoms with Crippen molar-refractivity contribution < 1.29 is 4.79 Å². The molecule has 0 aromatic carbocycles. The van der Waals surface area contributed by atoms with Crippen molar-refractivity contribution >= 4 is 5.91 Å². The highest BCUT2D eigenvalue weighted by molar-refractivity contribution is 5.81. The molecule has 0 aromatic heterocycles. The van der Waals surface area contributed by atoms with Crippen LogP contribution in [0.3, 0.4) is 0 Å². The number of nitriles is 1. The molecule has 1 saturated carbocycles. The molecule has 0 aromatic rings. The molecule has 2 aliphatic rings. The van der Waals surface area contributed by atoms with Crippen LogP contribution in [0, 0.1) is 11.3 Å². The number of carbonyl (C=O) groups excluding carboxylic acids is 1. The van der Waals surface area contributed by atoms with Crippen molar-refractivity contribution in [1.29, 1.82) is 5.26 Å². The minimum absolute atomic E-state index is 0.0721. The highest BCUT2D eigenvalue weighted by atomic mass is 16.2. The van der Waals surface area contributed by atoms with Crippen LogP contribution in [0.5, 0.6) is 0 Å². The Morgan fingerprint density at radius 2 is 2.00 bits per heavy atom. The predicted molar refractivity (Wildman–Crippen MR) is 69.8 cm³/mol. The van der Waals surface area contributed by atoms with E-state index >= 15 is 0 Å². The fraction of sp³-hybridized carbons (Fsp3) is 0.857. The van der Waals surface area contributed by atoms with Gasteiger partial charge in [0, 0.05) is 12.6 Å². The van der Waals surface area contributed by atoms with Gasteiger partial charge in [-0.15, -0.1) is 0 Å². The molecule has 1 amide bonds. The Morgan fingerprint density at radius 1 is 1.28 bits per heavy atom. The average molecular weight is 249 g/mol. The molecule has 1 aliphatic heterocycles. The first-order chi connectivity index (χ1) is 8.72. The van der Waals surface area contributed by atoms with Crippen LogP contribution in [0.1, 0.15) is 51.9 Å². The van der Waals surface area contributed by atoms with E-state index in [9.17, 15) is 4.79 Å². The van der Waals surface area contributed by atoms with E-state index in [0.717, 1.165) is 32.2 Å². The van der Waals surface area contributed by atoms with Crippen molar-refractivity contribution in [3.8, 4) is 6.07 Å². The van der Waals surface area contributed by atoms with Crippen LogP contribution < -0.4 is 5.32 Å². The lowest BCUT2D eigenvalue weighted by Crippen LogP contribution is -2.49. The molecule has 2 fully saturated rings. The Hall–Kier alpha value is -1.08. The molecule has 1 saturated heterocycles. The Bertz CT molecular complexity index is 330. The quantitative estimate of drug-likeness (QED) is 0.830. The first kappa shape index (κ1) is 13.4. The Balaban J connectivity index is 1.86. The van der Waals surface area contributed by atoms with Gasteiger partial charge in [0.25, 0.3) is 0 Å². The van der Waals surface area contributed by atoms with Gasteiger partial charge in [-0.2, -0.15) is 5.26 Å². The molecule has 0 bridgehead atoms. The third kappa shape index (κ3) is 3.02. The summed E-state index contributed by atoms with van der Waals surface area (Å²) >= 11 is 0. The molecular formula is C14H23N3O. The first-order valence-electron chi connectivity index (χ1n) is 7.18. The smallest absolute Gasteiger partial charge is 0.237 e. The van der Waals surface area contributed by atoms with Crippen LogP contribution in [-0.2, 0) is 4.79 Å². The van der Waals surface area contributed by atoms with E-state index in [1.165, 1.54) is 19.3 Å². The van der Waals surface area contributed by atoms with Crippen LogP contribution in [0.2, 0.25) is 0 Å². The molecule has 2 rings (SSSR count). The zero-order valence-corrected chi connectivity index (χ0v) is 11.2. The second-order valence-electron chi connectivity index (χ2n) is 5.54. The summed E-state index contributed by atoms with van der Waals surface area (Å²) in [5.74, 6) is 0.101. The number of hydrogen-bond donors (Lipinski definition) is 1. The summed E-state index contributed by atoms with van der Waals surface area (Å²) in [6.07, 6.45) is 7.90. The van der Waals surface area contributed by atoms with Gasteiger partial charge in [-0.05, 0) is 32.6 Å². The zero-order chi connectivity index (χ0) is 13.0. The molecule has 0 spiro atoms. The summed E-state index contributed by atoms with van der Waals surface area (Å²) in [7, 11) is 0. The molecule has 100 valence electrons. The molecule has 4 nitrogen and oxygen atoms in total. The summed E-state index contributed by atoms with van der Waals surface area (Å²) in [4.78, 5) is 14.2. The van der Waals surface area contributed by atoms with E-state index in [-0.39, 0.29) is 18.0 Å². The maximum atomic E-state index is 12.2. The van der Waals surface area contributed by atoms with Crippen molar-refractivity contribution in [2.75, 3.05) is 6.54 Å². The third-order valence-electron chi connectivity index (χ3n) is 4.27. The van der Waals surface area contributed by atoms with Gasteiger partial charge in [-0.25, -0.2) is 0 Å². The van der Waals surface area contributed by atoms with Crippen LogP contribution in [-0.4, -0.2) is 35.5 Å². The van der Waals surface area contributed by atoms with Crippen molar-refractivity contribution in [2.24, 2.45) is 0 Å². The molecule has 2 atom stereocenters. The number of rotatable bonds is 3. The van der Waals surface area contributed by atoms with Gasteiger partial charge in [0.2, 0.25) is 5.91 Å². The molecule has 1 aliphatic carbocycles. The van der Waals surface area contributed by atoms with Gasteiger partial charge < -0.3 is 5.32 Å². The Kier molecular flexibility index (Phi) is 4.60. The summed E-state index contributed by atoms with van der Waals surface area (Å²) in [5, 5.41) is 12.2. The van der Waals surface area contributed by atoms with Gasteiger partial charge in [0.05, 0.1) is 18.2 Å². The number of nitrogens with zero attached hydrogens (tertiary/aromatic N) is 2. The Morgan fingerprint density at radius 3 is 2.67 bits per heavy atom. The van der Waals surface area contributed by atoms with Gasteiger partial charge in [-0.1, -0.05) is 19.3 Å². The maximum Gasteiger partial charge on any atom is 0.237 e. The second kappa shape index (κ2) is 6.19. The minimum Gasteiger partial charge on any atom is -0.352 e. The normalized spacial score (nSPS) is 27.7. The molecule has 1 heterocycles. The summed E-state index contributed by atoms with van der Waals surface area (Å²) < 4.78 is 0. The van der Waals surface area contributed by atoms with Gasteiger partial charge in [-0.3, -0.25) is 9.69 Å². The monoisotopic (exact) mass is 249 g/mol. The van der Waals surface area contributed by atoms with E-state index in [1.54, 1.807) is 0 Å². The molecule has 0 radical (unpaired) electrons.